The summed E-state index contributed by atoms with van der Waals surface area (Å²) in [5.74, 6) is -0.735. The van der Waals surface area contributed by atoms with E-state index < -0.39 is 5.97 Å². The molecule has 0 spiro atoms. The Morgan fingerprint density at radius 1 is 1.25 bits per heavy atom. The number of nitrogens with zero attached hydrogens (tertiary/aromatic N) is 1. The Morgan fingerprint density at radius 2 is 1.95 bits per heavy atom. The van der Waals surface area contributed by atoms with Crippen LogP contribution in [0.15, 0.2) is 18.2 Å². The van der Waals surface area contributed by atoms with Crippen LogP contribution in [0.2, 0.25) is 10.0 Å². The molecule has 1 rings (SSSR count). The maximum absolute atomic E-state index is 12.4. The number of carbonyl (C=O) groups is 2. The van der Waals surface area contributed by atoms with E-state index >= 15 is 0 Å². The summed E-state index contributed by atoms with van der Waals surface area (Å²) in [6.07, 6.45) is 0.732. The molecule has 0 bridgehead atoms. The van der Waals surface area contributed by atoms with Gasteiger partial charge in [0.05, 0.1) is 17.2 Å². The highest BCUT2D eigenvalue weighted by Crippen LogP contribution is 2.22. The smallest absolute Gasteiger partial charge is 0.325 e. The SMILES string of the molecule is CCCN(CC(=O)OCC)C(=O)c1ccc(Cl)cc1Cl. The molecule has 6 heteroatoms. The lowest BCUT2D eigenvalue weighted by atomic mass is 10.2. The molecule has 110 valence electrons. The van der Waals surface area contributed by atoms with Crippen LogP contribution in [0, 0.1) is 0 Å². The monoisotopic (exact) mass is 317 g/mol. The van der Waals surface area contributed by atoms with Crippen molar-refractivity contribution < 1.29 is 14.3 Å². The second-order valence-corrected chi connectivity index (χ2v) is 5.00. The number of esters is 1. The van der Waals surface area contributed by atoms with Gasteiger partial charge in [-0.05, 0) is 31.5 Å². The highest BCUT2D eigenvalue weighted by Gasteiger charge is 2.20. The van der Waals surface area contributed by atoms with Crippen molar-refractivity contribution in [2.75, 3.05) is 19.7 Å². The molecule has 0 aromatic heterocycles. The van der Waals surface area contributed by atoms with Crippen molar-refractivity contribution in [3.63, 3.8) is 0 Å². The molecule has 0 aliphatic heterocycles. The quantitative estimate of drug-likeness (QED) is 0.755. The standard InChI is InChI=1S/C14H17Cl2NO3/c1-3-7-17(9-13(18)20-4-2)14(19)11-6-5-10(15)8-12(11)16/h5-6,8H,3-4,7,9H2,1-2H3. The first kappa shape index (κ1) is 16.8. The molecule has 4 nitrogen and oxygen atoms in total. The Balaban J connectivity index is 2.90. The van der Waals surface area contributed by atoms with E-state index in [1.807, 2.05) is 6.92 Å². The molecule has 0 radical (unpaired) electrons. The van der Waals surface area contributed by atoms with Gasteiger partial charge in [0.1, 0.15) is 6.54 Å². The van der Waals surface area contributed by atoms with E-state index in [0.717, 1.165) is 6.42 Å². The molecular weight excluding hydrogens is 301 g/mol. The van der Waals surface area contributed by atoms with Crippen LogP contribution >= 0.6 is 23.2 Å². The van der Waals surface area contributed by atoms with Gasteiger partial charge in [-0.25, -0.2) is 0 Å². The topological polar surface area (TPSA) is 46.6 Å². The number of rotatable bonds is 6. The third-order valence-corrected chi connectivity index (χ3v) is 3.12. The van der Waals surface area contributed by atoms with Gasteiger partial charge in [0.2, 0.25) is 0 Å². The molecule has 1 aromatic rings. The zero-order chi connectivity index (χ0) is 15.1. The molecule has 0 unspecified atom stereocenters. The molecule has 0 aliphatic rings. The van der Waals surface area contributed by atoms with Gasteiger partial charge in [-0.15, -0.1) is 0 Å². The van der Waals surface area contributed by atoms with Crippen molar-refractivity contribution in [2.45, 2.75) is 20.3 Å². The summed E-state index contributed by atoms with van der Waals surface area (Å²) in [5.41, 5.74) is 0.328. The molecule has 1 amide bonds. The number of carbonyl (C=O) groups excluding carboxylic acids is 2. The molecule has 0 aliphatic carbocycles. The van der Waals surface area contributed by atoms with Gasteiger partial charge in [-0.1, -0.05) is 30.1 Å². The fourth-order valence-corrected chi connectivity index (χ4v) is 2.21. The molecule has 0 saturated heterocycles. The van der Waals surface area contributed by atoms with Crippen molar-refractivity contribution in [3.05, 3.63) is 33.8 Å². The van der Waals surface area contributed by atoms with Crippen LogP contribution < -0.4 is 0 Å². The second kappa shape index (κ2) is 8.12. The second-order valence-electron chi connectivity index (χ2n) is 4.16. The molecule has 0 heterocycles. The van der Waals surface area contributed by atoms with Crippen molar-refractivity contribution in [3.8, 4) is 0 Å². The predicted octanol–water partition coefficient (Wildman–Crippen LogP) is 3.41. The summed E-state index contributed by atoms with van der Waals surface area (Å²) in [6, 6.07) is 4.65. The van der Waals surface area contributed by atoms with Crippen molar-refractivity contribution in [1.29, 1.82) is 0 Å². The fraction of sp³-hybridized carbons (Fsp3) is 0.429. The van der Waals surface area contributed by atoms with Crippen molar-refractivity contribution >= 4 is 35.1 Å². The Hall–Kier alpha value is -1.26. The van der Waals surface area contributed by atoms with Crippen molar-refractivity contribution in [2.24, 2.45) is 0 Å². The fourth-order valence-electron chi connectivity index (χ4n) is 1.72. The molecule has 0 fully saturated rings. The minimum Gasteiger partial charge on any atom is -0.465 e. The van der Waals surface area contributed by atoms with Gasteiger partial charge in [0, 0.05) is 11.6 Å². The van der Waals surface area contributed by atoms with E-state index in [-0.39, 0.29) is 24.1 Å². The Morgan fingerprint density at radius 3 is 2.50 bits per heavy atom. The largest absolute Gasteiger partial charge is 0.465 e. The Kier molecular flexibility index (Phi) is 6.82. The van der Waals surface area contributed by atoms with Gasteiger partial charge in [0.25, 0.3) is 5.91 Å². The summed E-state index contributed by atoms with van der Waals surface area (Å²) in [5, 5.41) is 0.728. The van der Waals surface area contributed by atoms with Gasteiger partial charge in [-0.2, -0.15) is 0 Å². The van der Waals surface area contributed by atoms with Gasteiger partial charge >= 0.3 is 5.97 Å². The van der Waals surface area contributed by atoms with Crippen LogP contribution in [-0.4, -0.2) is 36.5 Å². The summed E-state index contributed by atoms with van der Waals surface area (Å²) in [7, 11) is 0. The molecule has 20 heavy (non-hydrogen) atoms. The van der Waals surface area contributed by atoms with E-state index in [1.165, 1.54) is 11.0 Å². The molecule has 0 atom stereocenters. The first-order valence-corrected chi connectivity index (χ1v) is 7.15. The van der Waals surface area contributed by atoms with Gasteiger partial charge in [0.15, 0.2) is 0 Å². The average molecular weight is 318 g/mol. The number of halogens is 2. The molecule has 1 aromatic carbocycles. The first-order valence-electron chi connectivity index (χ1n) is 6.39. The summed E-state index contributed by atoms with van der Waals surface area (Å²) in [4.78, 5) is 25.4. The van der Waals surface area contributed by atoms with Crippen LogP contribution in [0.25, 0.3) is 0 Å². The maximum atomic E-state index is 12.4. The normalized spacial score (nSPS) is 10.2. The van der Waals surface area contributed by atoms with Crippen molar-refractivity contribution in [1.82, 2.24) is 4.90 Å². The molecule has 0 saturated carbocycles. The lowest BCUT2D eigenvalue weighted by Crippen LogP contribution is -2.37. The highest BCUT2D eigenvalue weighted by molar-refractivity contribution is 6.36. The zero-order valence-electron chi connectivity index (χ0n) is 11.5. The predicted molar refractivity (Wildman–Crippen MR) is 79.3 cm³/mol. The molecule has 0 N–H and O–H groups in total. The van der Waals surface area contributed by atoms with Gasteiger partial charge < -0.3 is 9.64 Å². The van der Waals surface area contributed by atoms with Gasteiger partial charge in [-0.3, -0.25) is 9.59 Å². The number of hydrogen-bond acceptors (Lipinski definition) is 3. The summed E-state index contributed by atoms with van der Waals surface area (Å²) in [6.45, 7) is 4.31. The number of ether oxygens (including phenoxy) is 1. The van der Waals surface area contributed by atoms with E-state index in [0.29, 0.717) is 17.1 Å². The number of hydrogen-bond donors (Lipinski definition) is 0. The van der Waals surface area contributed by atoms with E-state index in [1.54, 1.807) is 19.1 Å². The van der Waals surface area contributed by atoms with Crippen LogP contribution in [0.3, 0.4) is 0 Å². The van der Waals surface area contributed by atoms with E-state index in [9.17, 15) is 9.59 Å². The molecular formula is C14H17Cl2NO3. The zero-order valence-corrected chi connectivity index (χ0v) is 13.0. The summed E-state index contributed by atoms with van der Waals surface area (Å²) < 4.78 is 4.87. The number of amides is 1. The minimum absolute atomic E-state index is 0.0839. The number of benzene rings is 1. The third-order valence-electron chi connectivity index (χ3n) is 2.57. The maximum Gasteiger partial charge on any atom is 0.325 e. The van der Waals surface area contributed by atoms with Crippen LogP contribution in [-0.2, 0) is 9.53 Å². The van der Waals surface area contributed by atoms with E-state index in [4.69, 9.17) is 27.9 Å². The lowest BCUT2D eigenvalue weighted by Gasteiger charge is -2.21. The van der Waals surface area contributed by atoms with Crippen LogP contribution in [0.5, 0.6) is 0 Å². The van der Waals surface area contributed by atoms with Crippen LogP contribution in [0.1, 0.15) is 30.6 Å². The first-order chi connectivity index (χ1) is 9.49. The average Bonchev–Trinajstić information content (AvgIpc) is 2.38. The lowest BCUT2D eigenvalue weighted by molar-refractivity contribution is -0.143. The highest BCUT2D eigenvalue weighted by atomic mass is 35.5. The Bertz CT molecular complexity index is 491. The van der Waals surface area contributed by atoms with E-state index in [2.05, 4.69) is 0 Å². The van der Waals surface area contributed by atoms with Crippen LogP contribution in [0.4, 0.5) is 0 Å². The minimum atomic E-state index is -0.431. The third kappa shape index (κ3) is 4.69. The Labute approximate surface area is 128 Å². The summed E-state index contributed by atoms with van der Waals surface area (Å²) >= 11 is 11.8.